The smallest absolute Gasteiger partial charge is 0.340 e. The lowest BCUT2D eigenvalue weighted by Crippen LogP contribution is -2.16. The van der Waals surface area contributed by atoms with E-state index in [1.807, 2.05) is 0 Å². The van der Waals surface area contributed by atoms with Crippen LogP contribution >= 0.6 is 0 Å². The van der Waals surface area contributed by atoms with Crippen LogP contribution in [0.15, 0.2) is 12.3 Å². The van der Waals surface area contributed by atoms with Crippen LogP contribution in [0.4, 0.5) is 5.69 Å². The maximum atomic E-state index is 11.6. The molecule has 0 spiro atoms. The van der Waals surface area contributed by atoms with Crippen molar-refractivity contribution in [3.05, 3.63) is 23.5 Å². The molecule has 1 rings (SSSR count). The lowest BCUT2D eigenvalue weighted by Gasteiger charge is -2.10. The molecule has 1 atom stereocenters. The van der Waals surface area contributed by atoms with Crippen LogP contribution in [0.5, 0.6) is 0 Å². The fourth-order valence-electron chi connectivity index (χ4n) is 1.10. The van der Waals surface area contributed by atoms with Crippen LogP contribution in [0.2, 0.25) is 0 Å². The van der Waals surface area contributed by atoms with Crippen LogP contribution in [-0.2, 0) is 4.74 Å². The third-order valence-electron chi connectivity index (χ3n) is 2.14. The molecule has 1 heterocycles. The molecule has 16 heavy (non-hydrogen) atoms. The molecule has 5 heteroatoms. The van der Waals surface area contributed by atoms with E-state index in [1.165, 1.54) is 12.3 Å². The van der Waals surface area contributed by atoms with Gasteiger partial charge in [-0.15, -0.1) is 0 Å². The number of rotatable bonds is 4. The van der Waals surface area contributed by atoms with Gasteiger partial charge in [-0.05, 0) is 13.0 Å². The Labute approximate surface area is 94.2 Å². The molecule has 0 aliphatic heterocycles. The van der Waals surface area contributed by atoms with Gasteiger partial charge in [0.25, 0.3) is 0 Å². The molecule has 0 aromatic carbocycles. The summed E-state index contributed by atoms with van der Waals surface area (Å²) in [6.45, 7) is 3.67. The van der Waals surface area contributed by atoms with Crippen molar-refractivity contribution >= 4 is 11.7 Å². The molecule has 1 unspecified atom stereocenters. The van der Waals surface area contributed by atoms with Crippen LogP contribution in [0.25, 0.3) is 0 Å². The zero-order valence-corrected chi connectivity index (χ0v) is 9.43. The zero-order chi connectivity index (χ0) is 12.1. The maximum absolute atomic E-state index is 11.6. The number of hydrogen-bond donors (Lipinski definition) is 2. The number of pyridine rings is 1. The summed E-state index contributed by atoms with van der Waals surface area (Å²) in [7, 11) is 0. The van der Waals surface area contributed by atoms with E-state index in [1.54, 1.807) is 13.8 Å². The molecule has 3 N–H and O–H groups in total. The van der Waals surface area contributed by atoms with Crippen molar-refractivity contribution in [2.24, 2.45) is 5.92 Å². The quantitative estimate of drug-likeness (QED) is 0.737. The van der Waals surface area contributed by atoms with Gasteiger partial charge in [-0.3, -0.25) is 4.98 Å². The highest BCUT2D eigenvalue weighted by atomic mass is 16.5. The molecular formula is C11H16N2O3. The van der Waals surface area contributed by atoms with Crippen molar-refractivity contribution in [1.82, 2.24) is 4.98 Å². The normalized spacial score (nSPS) is 12.2. The molecular weight excluding hydrogens is 208 g/mol. The summed E-state index contributed by atoms with van der Waals surface area (Å²) in [5.41, 5.74) is 6.91. The Hall–Kier alpha value is -1.62. The molecule has 5 nitrogen and oxygen atoms in total. The predicted molar refractivity (Wildman–Crippen MR) is 59.9 cm³/mol. The van der Waals surface area contributed by atoms with E-state index in [4.69, 9.17) is 15.6 Å². The fraction of sp³-hybridized carbons (Fsp3) is 0.455. The molecule has 0 saturated heterocycles. The minimum absolute atomic E-state index is 0.0125. The molecule has 0 saturated carbocycles. The van der Waals surface area contributed by atoms with E-state index in [9.17, 15) is 4.79 Å². The van der Waals surface area contributed by atoms with E-state index in [0.29, 0.717) is 16.9 Å². The van der Waals surface area contributed by atoms with Crippen LogP contribution in [0.1, 0.15) is 23.0 Å². The average Bonchev–Trinajstić information content (AvgIpc) is 2.28. The third-order valence-corrected chi connectivity index (χ3v) is 2.14. The molecule has 0 fully saturated rings. The van der Waals surface area contributed by atoms with E-state index < -0.39 is 5.97 Å². The number of aryl methyl sites for hydroxylation is 1. The maximum Gasteiger partial charge on any atom is 0.340 e. The molecule has 88 valence electrons. The van der Waals surface area contributed by atoms with E-state index >= 15 is 0 Å². The SMILES string of the molecule is Cc1ncc(N)cc1C(=O)OCC(C)CO. The van der Waals surface area contributed by atoms with Crippen molar-refractivity contribution in [2.45, 2.75) is 13.8 Å². The van der Waals surface area contributed by atoms with Gasteiger partial charge in [0.15, 0.2) is 0 Å². The van der Waals surface area contributed by atoms with Crippen LogP contribution in [0, 0.1) is 12.8 Å². The van der Waals surface area contributed by atoms with E-state index in [2.05, 4.69) is 4.98 Å². The summed E-state index contributed by atoms with van der Waals surface area (Å²) in [4.78, 5) is 15.6. The summed E-state index contributed by atoms with van der Waals surface area (Å²) < 4.78 is 5.02. The van der Waals surface area contributed by atoms with Gasteiger partial charge in [0.1, 0.15) is 0 Å². The van der Waals surface area contributed by atoms with Crippen LogP contribution < -0.4 is 5.73 Å². The summed E-state index contributed by atoms with van der Waals surface area (Å²) in [6, 6.07) is 1.54. The highest BCUT2D eigenvalue weighted by Gasteiger charge is 2.13. The van der Waals surface area contributed by atoms with Crippen LogP contribution in [-0.4, -0.2) is 29.3 Å². The summed E-state index contributed by atoms with van der Waals surface area (Å²) in [5.74, 6) is -0.532. The van der Waals surface area contributed by atoms with Gasteiger partial charge in [-0.25, -0.2) is 4.79 Å². The van der Waals surface area contributed by atoms with Gasteiger partial charge in [0.2, 0.25) is 0 Å². The van der Waals surface area contributed by atoms with Crippen molar-refractivity contribution in [3.8, 4) is 0 Å². The predicted octanol–water partition coefficient (Wildman–Crippen LogP) is 0.757. The Balaban J connectivity index is 2.69. The van der Waals surface area contributed by atoms with Crippen molar-refractivity contribution in [1.29, 1.82) is 0 Å². The second-order valence-corrected chi connectivity index (χ2v) is 3.79. The number of esters is 1. The topological polar surface area (TPSA) is 85.4 Å². The molecule has 0 aliphatic carbocycles. The van der Waals surface area contributed by atoms with E-state index in [0.717, 1.165) is 0 Å². The number of nitrogens with zero attached hydrogens (tertiary/aromatic N) is 1. The number of nitrogen functional groups attached to an aromatic ring is 1. The van der Waals surface area contributed by atoms with Crippen molar-refractivity contribution in [2.75, 3.05) is 18.9 Å². The second kappa shape index (κ2) is 5.46. The third kappa shape index (κ3) is 3.20. The Morgan fingerprint density at radius 1 is 1.69 bits per heavy atom. The number of aliphatic hydroxyl groups is 1. The lowest BCUT2D eigenvalue weighted by atomic mass is 10.2. The Kier molecular flexibility index (Phi) is 4.25. The monoisotopic (exact) mass is 224 g/mol. The first-order chi connectivity index (χ1) is 7.54. The number of anilines is 1. The number of carbonyl (C=O) groups excluding carboxylic acids is 1. The lowest BCUT2D eigenvalue weighted by molar-refractivity contribution is 0.0404. The number of aromatic nitrogens is 1. The molecule has 1 aromatic heterocycles. The summed E-state index contributed by atoms with van der Waals surface area (Å²) in [6.07, 6.45) is 1.49. The molecule has 0 amide bonds. The number of nitrogens with two attached hydrogens (primary N) is 1. The first-order valence-electron chi connectivity index (χ1n) is 5.04. The fourth-order valence-corrected chi connectivity index (χ4v) is 1.10. The minimum atomic E-state index is -0.461. The molecule has 1 aromatic rings. The highest BCUT2D eigenvalue weighted by molar-refractivity contribution is 5.91. The highest BCUT2D eigenvalue weighted by Crippen LogP contribution is 2.11. The average molecular weight is 224 g/mol. The zero-order valence-electron chi connectivity index (χ0n) is 9.43. The van der Waals surface area contributed by atoms with Gasteiger partial charge >= 0.3 is 5.97 Å². The number of hydrogen-bond acceptors (Lipinski definition) is 5. The minimum Gasteiger partial charge on any atom is -0.462 e. The Morgan fingerprint density at radius 2 is 2.38 bits per heavy atom. The first kappa shape index (κ1) is 12.4. The second-order valence-electron chi connectivity index (χ2n) is 3.79. The van der Waals surface area contributed by atoms with Gasteiger partial charge in [0.05, 0.1) is 29.7 Å². The molecule has 0 radical (unpaired) electrons. The number of ether oxygens (including phenoxy) is 1. The summed E-state index contributed by atoms with van der Waals surface area (Å²) in [5, 5.41) is 8.79. The number of aliphatic hydroxyl groups excluding tert-OH is 1. The molecule has 0 aliphatic rings. The van der Waals surface area contributed by atoms with Gasteiger partial charge in [0, 0.05) is 12.5 Å². The summed E-state index contributed by atoms with van der Waals surface area (Å²) >= 11 is 0. The standard InChI is InChI=1S/C11H16N2O3/c1-7(5-14)6-16-11(15)10-3-9(12)4-13-8(10)2/h3-4,7,14H,5-6,12H2,1-2H3. The number of carbonyl (C=O) groups is 1. The van der Waals surface area contributed by atoms with Gasteiger partial charge < -0.3 is 15.6 Å². The van der Waals surface area contributed by atoms with Crippen molar-refractivity contribution in [3.63, 3.8) is 0 Å². The van der Waals surface area contributed by atoms with Crippen LogP contribution in [0.3, 0.4) is 0 Å². The van der Waals surface area contributed by atoms with Gasteiger partial charge in [-0.1, -0.05) is 6.92 Å². The Morgan fingerprint density at radius 3 is 3.00 bits per heavy atom. The first-order valence-corrected chi connectivity index (χ1v) is 5.04. The van der Waals surface area contributed by atoms with Crippen molar-refractivity contribution < 1.29 is 14.6 Å². The van der Waals surface area contributed by atoms with E-state index in [-0.39, 0.29) is 19.1 Å². The Bertz CT molecular complexity index is 379. The van der Waals surface area contributed by atoms with Gasteiger partial charge in [-0.2, -0.15) is 0 Å². The molecule has 0 bridgehead atoms. The largest absolute Gasteiger partial charge is 0.462 e.